The molecule has 2 aromatic carbocycles. The van der Waals surface area contributed by atoms with Gasteiger partial charge in [0.25, 0.3) is 5.91 Å². The highest BCUT2D eigenvalue weighted by molar-refractivity contribution is 6.85. The third kappa shape index (κ3) is 7.75. The fourth-order valence-corrected chi connectivity index (χ4v) is 11.2. The number of amides is 1. The van der Waals surface area contributed by atoms with Crippen LogP contribution in [0.2, 0.25) is 19.1 Å². The number of ether oxygens (including phenoxy) is 2. The van der Waals surface area contributed by atoms with Crippen LogP contribution in [-0.2, 0) is 20.7 Å². The predicted octanol–water partition coefficient (Wildman–Crippen LogP) is 8.31. The molecule has 1 heterocycles. The van der Waals surface area contributed by atoms with Gasteiger partial charge in [0.15, 0.2) is 0 Å². The molecule has 7 rings (SSSR count). The second-order valence-corrected chi connectivity index (χ2v) is 20.2. The normalized spacial score (nSPS) is 27.4. The van der Waals surface area contributed by atoms with Gasteiger partial charge in [-0.3, -0.25) is 9.59 Å². The molecule has 7 heteroatoms. The Morgan fingerprint density at radius 3 is 2.30 bits per heavy atom. The van der Waals surface area contributed by atoms with E-state index in [4.69, 9.17) is 9.47 Å². The van der Waals surface area contributed by atoms with Crippen LogP contribution < -0.4 is 10.1 Å². The molecule has 4 fully saturated rings. The van der Waals surface area contributed by atoms with Crippen LogP contribution in [0.15, 0.2) is 42.5 Å². The Morgan fingerprint density at radius 1 is 1.00 bits per heavy atom. The number of rotatable bonds is 11. The number of nitrogens with one attached hydrogen (secondary N) is 1. The first-order chi connectivity index (χ1) is 22.6. The van der Waals surface area contributed by atoms with E-state index in [1.54, 1.807) is 7.11 Å². The largest absolute Gasteiger partial charge is 0.497 e. The maximum Gasteiger partial charge on any atom is 0.302 e. The molecule has 0 unspecified atom stereocenters. The Kier molecular flexibility index (Phi) is 10.1. The summed E-state index contributed by atoms with van der Waals surface area (Å²) in [6, 6.07) is 16.0. The molecule has 6 nitrogen and oxygen atoms in total. The van der Waals surface area contributed by atoms with Crippen LogP contribution in [0.25, 0.3) is 0 Å². The first kappa shape index (κ1) is 33.7. The molecule has 2 aromatic rings. The quantitative estimate of drug-likeness (QED) is 0.114. The number of hydrogen-bond acceptors (Lipinski definition) is 5. The summed E-state index contributed by atoms with van der Waals surface area (Å²) in [6.07, 6.45) is 12.9. The maximum absolute atomic E-state index is 14.3. The Labute approximate surface area is 283 Å². The van der Waals surface area contributed by atoms with E-state index in [1.165, 1.54) is 56.7 Å². The number of anilines is 1. The van der Waals surface area contributed by atoms with Crippen LogP contribution in [0.4, 0.5) is 5.69 Å². The number of fused-ring (bicyclic) bond motifs is 1. The van der Waals surface area contributed by atoms with Crippen molar-refractivity contribution in [1.82, 2.24) is 4.90 Å². The van der Waals surface area contributed by atoms with Crippen LogP contribution in [0, 0.1) is 29.2 Å². The molecule has 0 saturated heterocycles. The summed E-state index contributed by atoms with van der Waals surface area (Å²) >= 11 is 0. The molecule has 4 bridgehead atoms. The lowest BCUT2D eigenvalue weighted by Crippen LogP contribution is -2.54. The van der Waals surface area contributed by atoms with Crippen LogP contribution in [-0.4, -0.2) is 50.1 Å². The summed E-state index contributed by atoms with van der Waals surface area (Å²) in [4.78, 5) is 27.6. The molecule has 0 aromatic heterocycles. The molecule has 4 aliphatic carbocycles. The van der Waals surface area contributed by atoms with Gasteiger partial charge in [0.1, 0.15) is 13.8 Å². The van der Waals surface area contributed by atoms with E-state index < -0.39 is 8.07 Å². The van der Waals surface area contributed by atoms with E-state index >= 15 is 0 Å². The second-order valence-electron chi connectivity index (χ2n) is 15.7. The van der Waals surface area contributed by atoms with E-state index in [9.17, 15) is 9.59 Å². The molecule has 0 spiro atoms. The maximum atomic E-state index is 14.3. The van der Waals surface area contributed by atoms with Gasteiger partial charge in [-0.1, -0.05) is 51.1 Å². The summed E-state index contributed by atoms with van der Waals surface area (Å²) in [5, 5.41) is 4.04. The molecule has 5 aliphatic rings. The third-order valence-corrected chi connectivity index (χ3v) is 13.7. The zero-order valence-electron chi connectivity index (χ0n) is 29.2. The van der Waals surface area contributed by atoms with Gasteiger partial charge in [0.05, 0.1) is 19.8 Å². The number of nitrogens with zero attached hydrogens (tertiary/aromatic N) is 1. The number of methoxy groups -OCH3 is 1. The van der Waals surface area contributed by atoms with Crippen molar-refractivity contribution in [3.63, 3.8) is 0 Å². The van der Waals surface area contributed by atoms with Crippen molar-refractivity contribution in [3.05, 3.63) is 59.2 Å². The van der Waals surface area contributed by atoms with Gasteiger partial charge >= 0.3 is 5.97 Å². The highest BCUT2D eigenvalue weighted by atomic mass is 28.3. The molecule has 252 valence electrons. The average molecular weight is 655 g/mol. The SMILES string of the molecule is CCCC[C@H]1Cc2cc(OC)ccc2[C@H](c2ccc(NC34CC5CC(CC(C5)C3)C4)cc2)N1C(=O)C#C[Si](C)(C)CCCOC(C)=O. The predicted molar refractivity (Wildman–Crippen MR) is 191 cm³/mol. The summed E-state index contributed by atoms with van der Waals surface area (Å²) in [5.41, 5.74) is 8.43. The van der Waals surface area contributed by atoms with E-state index in [-0.39, 0.29) is 29.5 Å². The van der Waals surface area contributed by atoms with Crippen LogP contribution >= 0.6 is 0 Å². The van der Waals surface area contributed by atoms with Gasteiger partial charge < -0.3 is 19.7 Å². The fourth-order valence-electron chi connectivity index (χ4n) is 9.57. The molecular formula is C40H54N2O4Si. The van der Waals surface area contributed by atoms with Gasteiger partial charge in [-0.25, -0.2) is 0 Å². The minimum atomic E-state index is -2.00. The first-order valence-corrected chi connectivity index (χ1v) is 21.3. The highest BCUT2D eigenvalue weighted by Crippen LogP contribution is 2.56. The summed E-state index contributed by atoms with van der Waals surface area (Å²) in [5.74, 6) is 6.35. The second kappa shape index (κ2) is 14.1. The van der Waals surface area contributed by atoms with Gasteiger partial charge in [0, 0.05) is 24.2 Å². The van der Waals surface area contributed by atoms with Crippen molar-refractivity contribution in [2.75, 3.05) is 19.0 Å². The van der Waals surface area contributed by atoms with Crippen molar-refractivity contribution < 1.29 is 19.1 Å². The lowest BCUT2D eigenvalue weighted by Gasteiger charge is -2.57. The topological polar surface area (TPSA) is 67.9 Å². The van der Waals surface area contributed by atoms with Crippen molar-refractivity contribution in [2.45, 2.75) is 121 Å². The van der Waals surface area contributed by atoms with E-state index in [1.807, 2.05) is 6.07 Å². The van der Waals surface area contributed by atoms with E-state index in [0.29, 0.717) is 6.61 Å². The van der Waals surface area contributed by atoms with Crippen LogP contribution in [0.3, 0.4) is 0 Å². The van der Waals surface area contributed by atoms with Crippen molar-refractivity contribution in [3.8, 4) is 17.2 Å². The minimum Gasteiger partial charge on any atom is -0.497 e. The number of carbonyl (C=O) groups is 2. The molecule has 1 amide bonds. The van der Waals surface area contributed by atoms with Crippen molar-refractivity contribution >= 4 is 25.6 Å². The van der Waals surface area contributed by atoms with Gasteiger partial charge in [0.2, 0.25) is 0 Å². The zero-order valence-corrected chi connectivity index (χ0v) is 30.2. The summed E-state index contributed by atoms with van der Waals surface area (Å²) < 4.78 is 10.8. The molecule has 47 heavy (non-hydrogen) atoms. The average Bonchev–Trinajstić information content (AvgIpc) is 3.03. The minimum absolute atomic E-state index is 0.0555. The number of benzene rings is 2. The Morgan fingerprint density at radius 2 is 1.68 bits per heavy atom. The first-order valence-electron chi connectivity index (χ1n) is 18.1. The van der Waals surface area contributed by atoms with Gasteiger partial charge in [-0.05, 0) is 128 Å². The number of carbonyl (C=O) groups excluding carboxylic acids is 2. The zero-order chi connectivity index (χ0) is 33.2. The Hall–Kier alpha value is -3.24. The molecule has 4 saturated carbocycles. The number of unbranched alkanes of at least 4 members (excludes halogenated alkanes) is 1. The lowest BCUT2D eigenvalue weighted by atomic mass is 9.53. The smallest absolute Gasteiger partial charge is 0.302 e. The Bertz CT molecular complexity index is 1470. The Balaban J connectivity index is 1.29. The van der Waals surface area contributed by atoms with Crippen LogP contribution in [0.5, 0.6) is 5.75 Å². The molecule has 1 aliphatic heterocycles. The standard InChI is InChI=1S/C40H54N2O4Si/c1-6-7-9-35-23-33-24-36(45-3)14-15-37(33)39(42(35)38(44)16-19-47(4,5)18-8-17-46-28(2)43)32-10-12-34(13-11-32)41-40-25-29-20-30(26-40)22-31(21-29)27-40/h10-15,24,29-31,35,39,41H,6-9,17-18,20-23,25-27H2,1-5H3/t29?,30?,31?,35-,39-,40?/m0/s1. The molecule has 1 N–H and O–H groups in total. The number of esters is 1. The molecule has 2 atom stereocenters. The fraction of sp³-hybridized carbons (Fsp3) is 0.600. The summed E-state index contributed by atoms with van der Waals surface area (Å²) in [7, 11) is -0.283. The van der Waals surface area contributed by atoms with Crippen LogP contribution in [0.1, 0.15) is 101 Å². The van der Waals surface area contributed by atoms with Crippen molar-refractivity contribution in [2.24, 2.45) is 17.8 Å². The van der Waals surface area contributed by atoms with Crippen molar-refractivity contribution in [1.29, 1.82) is 0 Å². The van der Waals surface area contributed by atoms with Gasteiger partial charge in [-0.2, -0.15) is 0 Å². The van der Waals surface area contributed by atoms with E-state index in [2.05, 4.69) is 78.1 Å². The lowest BCUT2D eigenvalue weighted by molar-refractivity contribution is -0.141. The molecule has 0 radical (unpaired) electrons. The highest BCUT2D eigenvalue weighted by Gasteiger charge is 2.51. The molecular weight excluding hydrogens is 601 g/mol. The summed E-state index contributed by atoms with van der Waals surface area (Å²) in [6.45, 7) is 8.44. The van der Waals surface area contributed by atoms with E-state index in [0.717, 1.165) is 72.8 Å². The number of hydrogen-bond donors (Lipinski definition) is 1. The van der Waals surface area contributed by atoms with Gasteiger partial charge in [-0.15, -0.1) is 5.54 Å². The monoisotopic (exact) mass is 654 g/mol. The third-order valence-electron chi connectivity index (χ3n) is 11.3.